The molecule has 3 aromatic rings. The van der Waals surface area contributed by atoms with E-state index in [1.54, 1.807) is 18.2 Å². The first-order chi connectivity index (χ1) is 15.7. The highest BCUT2D eigenvalue weighted by Crippen LogP contribution is 2.32. The first-order valence-electron chi connectivity index (χ1n) is 9.95. The highest BCUT2D eigenvalue weighted by molar-refractivity contribution is 7.92. The Bertz CT molecular complexity index is 1280. The maximum absolute atomic E-state index is 13.1. The molecule has 0 saturated heterocycles. The van der Waals surface area contributed by atoms with Crippen molar-refractivity contribution in [3.63, 3.8) is 0 Å². The number of pyridine rings is 1. The molecule has 0 spiro atoms. The lowest BCUT2D eigenvalue weighted by molar-refractivity contribution is 0.102. The largest absolute Gasteiger partial charge is 0.370 e. The van der Waals surface area contributed by atoms with Crippen molar-refractivity contribution >= 4 is 67.8 Å². The summed E-state index contributed by atoms with van der Waals surface area (Å²) in [5.74, 6) is -0.512. The molecule has 0 aliphatic heterocycles. The molecule has 1 heterocycles. The normalized spacial score (nSPS) is 11.2. The van der Waals surface area contributed by atoms with E-state index >= 15 is 0 Å². The fraction of sp³-hybridized carbons (Fsp3) is 0.182. The zero-order valence-corrected chi connectivity index (χ0v) is 20.9. The summed E-state index contributed by atoms with van der Waals surface area (Å²) >= 11 is 18.1. The summed E-state index contributed by atoms with van der Waals surface area (Å²) in [6, 6.07) is 12.1. The van der Waals surface area contributed by atoms with E-state index < -0.39 is 15.9 Å². The predicted molar refractivity (Wildman–Crippen MR) is 134 cm³/mol. The van der Waals surface area contributed by atoms with Crippen LogP contribution in [-0.2, 0) is 10.0 Å². The van der Waals surface area contributed by atoms with Gasteiger partial charge in [-0.25, -0.2) is 13.4 Å². The second-order valence-electron chi connectivity index (χ2n) is 6.88. The first kappa shape index (κ1) is 25.1. The average molecular weight is 528 g/mol. The second-order valence-corrected chi connectivity index (χ2v) is 9.76. The number of amides is 1. The van der Waals surface area contributed by atoms with E-state index in [-0.39, 0.29) is 26.3 Å². The Morgan fingerprint density at radius 2 is 1.73 bits per heavy atom. The zero-order valence-electron chi connectivity index (χ0n) is 17.8. The maximum atomic E-state index is 13.1. The number of halogens is 3. The SMILES string of the molecule is CCN(CC)c1ccc(S(=O)(=O)Nc2cc(Cl)ccc2Cl)cc1NC(=O)c1cccnc1Cl. The average Bonchev–Trinajstić information content (AvgIpc) is 2.78. The molecule has 7 nitrogen and oxygen atoms in total. The van der Waals surface area contributed by atoms with Crippen LogP contribution in [0.4, 0.5) is 17.1 Å². The molecule has 11 heteroatoms. The number of hydrogen-bond acceptors (Lipinski definition) is 5. The zero-order chi connectivity index (χ0) is 24.2. The Balaban J connectivity index is 2.03. The summed E-state index contributed by atoms with van der Waals surface area (Å²) in [7, 11) is -4.04. The molecule has 1 amide bonds. The van der Waals surface area contributed by atoms with Crippen LogP contribution in [0.25, 0.3) is 0 Å². The van der Waals surface area contributed by atoms with Crippen LogP contribution < -0.4 is 14.9 Å². The third-order valence-corrected chi connectivity index (χ3v) is 7.04. The number of rotatable bonds is 8. The van der Waals surface area contributed by atoms with Crippen molar-refractivity contribution in [3.8, 4) is 0 Å². The third-order valence-electron chi connectivity index (χ3n) is 4.81. The minimum atomic E-state index is -4.04. The Hall–Kier alpha value is -2.52. The van der Waals surface area contributed by atoms with Crippen molar-refractivity contribution in [3.05, 3.63) is 75.5 Å². The van der Waals surface area contributed by atoms with Crippen LogP contribution >= 0.6 is 34.8 Å². The molecule has 2 N–H and O–H groups in total. The standard InChI is InChI=1S/C22H21Cl3N4O3S/c1-3-29(4-2)20-10-8-15(33(31,32)28-18-12-14(23)7-9-17(18)24)13-19(20)27-22(30)16-6-5-11-26-21(16)25/h5-13,28H,3-4H2,1-2H3,(H,27,30). The molecule has 3 rings (SSSR count). The van der Waals surface area contributed by atoms with E-state index in [4.69, 9.17) is 34.8 Å². The van der Waals surface area contributed by atoms with Crippen LogP contribution in [0.1, 0.15) is 24.2 Å². The number of nitrogens with one attached hydrogen (secondary N) is 2. The van der Waals surface area contributed by atoms with Gasteiger partial charge in [0.15, 0.2) is 0 Å². The molecule has 33 heavy (non-hydrogen) atoms. The summed E-state index contributed by atoms with van der Waals surface area (Å²) in [6.07, 6.45) is 1.47. The Morgan fingerprint density at radius 1 is 1.00 bits per heavy atom. The van der Waals surface area contributed by atoms with E-state index in [1.165, 1.54) is 36.5 Å². The van der Waals surface area contributed by atoms with Gasteiger partial charge in [0, 0.05) is 24.3 Å². The highest BCUT2D eigenvalue weighted by atomic mass is 35.5. The minimum absolute atomic E-state index is 0.0421. The van der Waals surface area contributed by atoms with E-state index in [2.05, 4.69) is 15.0 Å². The second kappa shape index (κ2) is 10.6. The van der Waals surface area contributed by atoms with Crippen LogP contribution in [0.3, 0.4) is 0 Å². The van der Waals surface area contributed by atoms with Crippen LogP contribution in [-0.4, -0.2) is 32.4 Å². The fourth-order valence-corrected chi connectivity index (χ4v) is 4.84. The summed E-state index contributed by atoms with van der Waals surface area (Å²) in [5.41, 5.74) is 1.28. The Labute approximate surface area is 207 Å². The van der Waals surface area contributed by atoms with Gasteiger partial charge in [0.1, 0.15) is 5.15 Å². The maximum Gasteiger partial charge on any atom is 0.262 e. The quantitative estimate of drug-likeness (QED) is 0.354. The summed E-state index contributed by atoms with van der Waals surface area (Å²) < 4.78 is 28.6. The molecule has 174 valence electrons. The van der Waals surface area contributed by atoms with Crippen molar-refractivity contribution in [2.24, 2.45) is 0 Å². The number of aromatic nitrogens is 1. The van der Waals surface area contributed by atoms with Gasteiger partial charge in [0.2, 0.25) is 0 Å². The number of carbonyl (C=O) groups is 1. The fourth-order valence-electron chi connectivity index (χ4n) is 3.15. The van der Waals surface area contributed by atoms with E-state index in [9.17, 15) is 13.2 Å². The number of benzene rings is 2. The Morgan fingerprint density at radius 3 is 2.39 bits per heavy atom. The summed E-state index contributed by atoms with van der Waals surface area (Å²) in [6.45, 7) is 5.21. The number of sulfonamides is 1. The lowest BCUT2D eigenvalue weighted by Crippen LogP contribution is -2.25. The highest BCUT2D eigenvalue weighted by Gasteiger charge is 2.21. The van der Waals surface area contributed by atoms with Crippen molar-refractivity contribution < 1.29 is 13.2 Å². The molecule has 0 radical (unpaired) electrons. The third kappa shape index (κ3) is 5.89. The van der Waals surface area contributed by atoms with Gasteiger partial charge >= 0.3 is 0 Å². The summed E-state index contributed by atoms with van der Waals surface area (Å²) in [5, 5.41) is 3.34. The van der Waals surface area contributed by atoms with Gasteiger partial charge in [-0.1, -0.05) is 34.8 Å². The molecule has 0 aliphatic carbocycles. The smallest absolute Gasteiger partial charge is 0.262 e. The molecule has 1 aromatic heterocycles. The first-order valence-corrected chi connectivity index (χ1v) is 12.6. The molecule has 0 aliphatic rings. The van der Waals surface area contributed by atoms with Crippen LogP contribution in [0.5, 0.6) is 0 Å². The van der Waals surface area contributed by atoms with E-state index in [0.29, 0.717) is 29.5 Å². The van der Waals surface area contributed by atoms with Gasteiger partial charge in [-0.2, -0.15) is 0 Å². The molecule has 0 bridgehead atoms. The molecule has 0 fully saturated rings. The minimum Gasteiger partial charge on any atom is -0.370 e. The van der Waals surface area contributed by atoms with Gasteiger partial charge in [-0.3, -0.25) is 9.52 Å². The molecule has 0 unspecified atom stereocenters. The van der Waals surface area contributed by atoms with Gasteiger partial charge in [0.25, 0.3) is 15.9 Å². The van der Waals surface area contributed by atoms with Crippen molar-refractivity contribution in [2.45, 2.75) is 18.7 Å². The monoisotopic (exact) mass is 526 g/mol. The van der Waals surface area contributed by atoms with Crippen LogP contribution in [0.2, 0.25) is 15.2 Å². The lowest BCUT2D eigenvalue weighted by Gasteiger charge is -2.25. The van der Waals surface area contributed by atoms with Gasteiger partial charge in [-0.15, -0.1) is 0 Å². The molecule has 0 saturated carbocycles. The van der Waals surface area contributed by atoms with Crippen molar-refractivity contribution in [1.82, 2.24) is 4.98 Å². The molecule has 2 aromatic carbocycles. The predicted octanol–water partition coefficient (Wildman–Crippen LogP) is 5.94. The lowest BCUT2D eigenvalue weighted by atomic mass is 10.2. The van der Waals surface area contributed by atoms with E-state index in [0.717, 1.165) is 0 Å². The van der Waals surface area contributed by atoms with Crippen molar-refractivity contribution in [1.29, 1.82) is 0 Å². The molecular formula is C22H21Cl3N4O3S. The van der Waals surface area contributed by atoms with E-state index in [1.807, 2.05) is 18.7 Å². The Kier molecular flexibility index (Phi) is 8.07. The number of anilines is 3. The summed E-state index contributed by atoms with van der Waals surface area (Å²) in [4.78, 5) is 18.7. The molecular weight excluding hydrogens is 507 g/mol. The van der Waals surface area contributed by atoms with Gasteiger partial charge < -0.3 is 10.2 Å². The number of carbonyl (C=O) groups excluding carboxylic acids is 1. The number of nitrogens with zero attached hydrogens (tertiary/aromatic N) is 2. The van der Waals surface area contributed by atoms with Crippen LogP contribution in [0, 0.1) is 0 Å². The van der Waals surface area contributed by atoms with Crippen LogP contribution in [0.15, 0.2) is 59.6 Å². The number of hydrogen-bond donors (Lipinski definition) is 2. The van der Waals surface area contributed by atoms with Gasteiger partial charge in [-0.05, 0) is 62.4 Å². The topological polar surface area (TPSA) is 91.4 Å². The van der Waals surface area contributed by atoms with Crippen molar-refractivity contribution in [2.75, 3.05) is 28.0 Å². The van der Waals surface area contributed by atoms with Gasteiger partial charge in [0.05, 0.1) is 32.5 Å². The molecule has 0 atom stereocenters.